The van der Waals surface area contributed by atoms with Crippen LogP contribution in [0.1, 0.15) is 63.9 Å². The molecule has 3 nitrogen and oxygen atoms in total. The molecule has 1 aliphatic carbocycles. The lowest BCUT2D eigenvalue weighted by Crippen LogP contribution is -2.23. The maximum Gasteiger partial charge on any atom is 0.0599 e. The van der Waals surface area contributed by atoms with Crippen LogP contribution in [0.4, 0.5) is 0 Å². The highest BCUT2D eigenvalue weighted by atomic mass is 16.3. The van der Waals surface area contributed by atoms with Gasteiger partial charge in [0.05, 0.1) is 18.3 Å². The van der Waals surface area contributed by atoms with Crippen molar-refractivity contribution in [1.29, 1.82) is 0 Å². The van der Waals surface area contributed by atoms with Crippen molar-refractivity contribution in [2.75, 3.05) is 0 Å². The van der Waals surface area contributed by atoms with Gasteiger partial charge >= 0.3 is 0 Å². The van der Waals surface area contributed by atoms with Crippen LogP contribution in [-0.2, 0) is 6.42 Å². The Hall–Kier alpha value is -1.16. The summed E-state index contributed by atoms with van der Waals surface area (Å²) in [5.41, 5.74) is 1.25. The molecule has 1 fully saturated rings. The average Bonchev–Trinajstić information content (AvgIpc) is 2.91. The minimum atomic E-state index is -0.444. The largest absolute Gasteiger partial charge is 0.393 e. The minimum absolute atomic E-state index is 0.0900. The molecule has 0 spiro atoms. The first-order chi connectivity index (χ1) is 12.6. The predicted octanol–water partition coefficient (Wildman–Crippen LogP) is 4.25. The van der Waals surface area contributed by atoms with Gasteiger partial charge in [-0.05, 0) is 62.3 Å². The minimum Gasteiger partial charge on any atom is -0.393 e. The van der Waals surface area contributed by atoms with E-state index in [1.54, 1.807) is 0 Å². The molecule has 5 atom stereocenters. The van der Waals surface area contributed by atoms with E-state index in [2.05, 4.69) is 31.2 Å². The summed E-state index contributed by atoms with van der Waals surface area (Å²) in [6.45, 7) is 2.18. The molecule has 3 N–H and O–H groups in total. The van der Waals surface area contributed by atoms with E-state index in [-0.39, 0.29) is 17.9 Å². The Labute approximate surface area is 158 Å². The third kappa shape index (κ3) is 6.86. The number of hydrogen-bond donors (Lipinski definition) is 3. The van der Waals surface area contributed by atoms with Crippen molar-refractivity contribution in [3.8, 4) is 0 Å². The highest BCUT2D eigenvalue weighted by molar-refractivity contribution is 5.14. The van der Waals surface area contributed by atoms with Crippen LogP contribution in [0.5, 0.6) is 0 Å². The quantitative estimate of drug-likeness (QED) is 0.408. The normalized spacial score (nSPS) is 27.2. The highest BCUT2D eigenvalue weighted by Gasteiger charge is 2.40. The lowest BCUT2D eigenvalue weighted by Gasteiger charge is -2.23. The maximum absolute atomic E-state index is 10.3. The van der Waals surface area contributed by atoms with Crippen LogP contribution in [0.3, 0.4) is 0 Å². The fraction of sp³-hybridized carbons (Fsp3) is 0.652. The molecular formula is C23H36O3. The monoisotopic (exact) mass is 360 g/mol. The van der Waals surface area contributed by atoms with Crippen molar-refractivity contribution in [2.24, 2.45) is 11.8 Å². The Kier molecular flexibility index (Phi) is 9.38. The van der Waals surface area contributed by atoms with E-state index in [0.717, 1.165) is 32.1 Å². The van der Waals surface area contributed by atoms with Crippen LogP contribution in [0.25, 0.3) is 0 Å². The van der Waals surface area contributed by atoms with Gasteiger partial charge in [0, 0.05) is 0 Å². The van der Waals surface area contributed by atoms with Crippen molar-refractivity contribution in [2.45, 2.75) is 83.0 Å². The summed E-state index contributed by atoms with van der Waals surface area (Å²) in [5, 5.41) is 30.9. The fourth-order valence-electron chi connectivity index (χ4n) is 4.11. The summed E-state index contributed by atoms with van der Waals surface area (Å²) in [5.74, 6) is 0.205. The smallest absolute Gasteiger partial charge is 0.0599 e. The van der Waals surface area contributed by atoms with Crippen LogP contribution in [0.15, 0.2) is 42.5 Å². The summed E-state index contributed by atoms with van der Waals surface area (Å²) >= 11 is 0. The van der Waals surface area contributed by atoms with Gasteiger partial charge in [-0.1, -0.05) is 62.2 Å². The second kappa shape index (κ2) is 11.5. The van der Waals surface area contributed by atoms with E-state index in [4.69, 9.17) is 0 Å². The van der Waals surface area contributed by atoms with E-state index in [1.807, 2.05) is 18.2 Å². The van der Waals surface area contributed by atoms with E-state index in [0.29, 0.717) is 12.8 Å². The van der Waals surface area contributed by atoms with Crippen molar-refractivity contribution in [1.82, 2.24) is 0 Å². The molecule has 0 unspecified atom stereocenters. The molecule has 0 bridgehead atoms. The van der Waals surface area contributed by atoms with Crippen molar-refractivity contribution >= 4 is 0 Å². The van der Waals surface area contributed by atoms with Crippen LogP contribution < -0.4 is 0 Å². The summed E-state index contributed by atoms with van der Waals surface area (Å²) in [6, 6.07) is 10.2. The number of unbranched alkanes of at least 4 members (excludes halogenated alkanes) is 2. The van der Waals surface area contributed by atoms with Gasteiger partial charge in [-0.25, -0.2) is 0 Å². The number of aryl methyl sites for hydroxylation is 1. The molecule has 0 amide bonds. The van der Waals surface area contributed by atoms with Crippen molar-refractivity contribution in [3.63, 3.8) is 0 Å². The van der Waals surface area contributed by atoms with Gasteiger partial charge in [-0.2, -0.15) is 0 Å². The van der Waals surface area contributed by atoms with Gasteiger partial charge in [-0.15, -0.1) is 0 Å². The van der Waals surface area contributed by atoms with Crippen LogP contribution >= 0.6 is 0 Å². The lowest BCUT2D eigenvalue weighted by atomic mass is 9.85. The standard InChI is InChI=1S/C23H36O3/c1-2-3-4-5-9-12-20-21(23(26)17-22(20)25)16-15-19(24)14-13-18-10-7-6-8-11-18/h5-11,19-26H,2-4,12-17H2,1H3/b9-5+/t19-,20+,21+,22-,23+/m0/s1. The SMILES string of the molecule is CCCC/C=C/C[C@@H]1[C@@H](CC[C@@H](O)CCc2ccccc2)[C@H](O)C[C@@H]1O. The zero-order valence-electron chi connectivity index (χ0n) is 16.1. The molecule has 146 valence electrons. The third-order valence-corrected chi connectivity index (χ3v) is 5.76. The van der Waals surface area contributed by atoms with Gasteiger partial charge in [-0.3, -0.25) is 0 Å². The zero-order chi connectivity index (χ0) is 18.8. The molecule has 0 aliphatic heterocycles. The molecular weight excluding hydrogens is 324 g/mol. The van der Waals surface area contributed by atoms with Crippen molar-refractivity contribution in [3.05, 3.63) is 48.0 Å². The van der Waals surface area contributed by atoms with Gasteiger partial charge in [0.1, 0.15) is 0 Å². The Morgan fingerprint density at radius 3 is 2.50 bits per heavy atom. The third-order valence-electron chi connectivity index (χ3n) is 5.76. The number of hydrogen-bond acceptors (Lipinski definition) is 3. The second-order valence-electron chi connectivity index (χ2n) is 7.80. The van der Waals surface area contributed by atoms with Crippen LogP contribution in [0, 0.1) is 11.8 Å². The van der Waals surface area contributed by atoms with Gasteiger partial charge in [0.15, 0.2) is 0 Å². The lowest BCUT2D eigenvalue weighted by molar-refractivity contribution is 0.0857. The molecule has 0 heterocycles. The summed E-state index contributed by atoms with van der Waals surface area (Å²) in [7, 11) is 0. The molecule has 1 saturated carbocycles. The molecule has 0 aromatic heterocycles. The van der Waals surface area contributed by atoms with Gasteiger partial charge in [0.2, 0.25) is 0 Å². The second-order valence-corrected chi connectivity index (χ2v) is 7.80. The molecule has 0 saturated heterocycles. The number of aliphatic hydroxyl groups excluding tert-OH is 3. The molecule has 1 aromatic carbocycles. The Morgan fingerprint density at radius 2 is 1.77 bits per heavy atom. The number of benzene rings is 1. The van der Waals surface area contributed by atoms with Gasteiger partial charge < -0.3 is 15.3 Å². The summed E-state index contributed by atoms with van der Waals surface area (Å²) in [4.78, 5) is 0. The van der Waals surface area contributed by atoms with Crippen LogP contribution in [-0.4, -0.2) is 33.6 Å². The highest BCUT2D eigenvalue weighted by Crippen LogP contribution is 2.38. The first kappa shape index (κ1) is 21.1. The van der Waals surface area contributed by atoms with E-state index >= 15 is 0 Å². The number of rotatable bonds is 11. The Balaban J connectivity index is 1.76. The first-order valence-electron chi connectivity index (χ1n) is 10.3. The number of aliphatic hydroxyl groups is 3. The van der Waals surface area contributed by atoms with Crippen LogP contribution in [0.2, 0.25) is 0 Å². The zero-order valence-corrected chi connectivity index (χ0v) is 16.1. The molecule has 2 rings (SSSR count). The van der Waals surface area contributed by atoms with E-state index in [1.165, 1.54) is 18.4 Å². The average molecular weight is 361 g/mol. The number of allylic oxidation sites excluding steroid dienone is 2. The molecule has 26 heavy (non-hydrogen) atoms. The summed E-state index contributed by atoms with van der Waals surface area (Å²) in [6.07, 6.45) is 11.0. The Bertz CT molecular complexity index is 513. The first-order valence-corrected chi connectivity index (χ1v) is 10.3. The predicted molar refractivity (Wildman–Crippen MR) is 107 cm³/mol. The molecule has 3 heteroatoms. The molecule has 0 radical (unpaired) electrons. The molecule has 1 aliphatic rings. The van der Waals surface area contributed by atoms with Crippen molar-refractivity contribution < 1.29 is 15.3 Å². The maximum atomic E-state index is 10.3. The molecule has 1 aromatic rings. The topological polar surface area (TPSA) is 60.7 Å². The van der Waals surface area contributed by atoms with E-state index < -0.39 is 12.2 Å². The summed E-state index contributed by atoms with van der Waals surface area (Å²) < 4.78 is 0. The van der Waals surface area contributed by atoms with E-state index in [9.17, 15) is 15.3 Å². The van der Waals surface area contributed by atoms with Gasteiger partial charge in [0.25, 0.3) is 0 Å². The Morgan fingerprint density at radius 1 is 1.04 bits per heavy atom. The fourth-order valence-corrected chi connectivity index (χ4v) is 4.11.